The summed E-state index contributed by atoms with van der Waals surface area (Å²) in [6.45, 7) is 2.40. The van der Waals surface area contributed by atoms with E-state index in [0.717, 1.165) is 57.2 Å². The highest BCUT2D eigenvalue weighted by Crippen LogP contribution is 2.31. The molecule has 34 heavy (non-hydrogen) atoms. The van der Waals surface area contributed by atoms with Gasteiger partial charge in [-0.15, -0.1) is 0 Å². The Balaban J connectivity index is 1.56. The van der Waals surface area contributed by atoms with Gasteiger partial charge in [-0.3, -0.25) is 15.0 Å². The Morgan fingerprint density at radius 3 is 2.18 bits per heavy atom. The van der Waals surface area contributed by atoms with Gasteiger partial charge in [-0.2, -0.15) is 0 Å². The molecule has 0 atom stereocenters. The Morgan fingerprint density at radius 1 is 1.00 bits per heavy atom. The maximum atomic E-state index is 13.5. The number of hydrogen-bond acceptors (Lipinski definition) is 5. The van der Waals surface area contributed by atoms with E-state index in [2.05, 4.69) is 15.5 Å². The molecule has 0 aromatic heterocycles. The third-order valence-electron chi connectivity index (χ3n) is 7.43. The third-order valence-corrected chi connectivity index (χ3v) is 7.43. The molecule has 1 aromatic rings. The average Bonchev–Trinajstić information content (AvgIpc) is 2.87. The maximum Gasteiger partial charge on any atom is 0.324 e. The highest BCUT2D eigenvalue weighted by Gasteiger charge is 2.29. The largest absolute Gasteiger partial charge is 0.370 e. The van der Waals surface area contributed by atoms with Gasteiger partial charge in [-0.1, -0.05) is 37.5 Å². The molecule has 188 valence electrons. The first-order valence-corrected chi connectivity index (χ1v) is 12.8. The van der Waals surface area contributed by atoms with E-state index in [1.807, 2.05) is 37.4 Å². The van der Waals surface area contributed by atoms with Crippen LogP contribution in [0.4, 0.5) is 10.5 Å². The van der Waals surface area contributed by atoms with E-state index in [-0.39, 0.29) is 6.03 Å². The predicted octanol–water partition coefficient (Wildman–Crippen LogP) is 4.82. The molecule has 8 nitrogen and oxygen atoms in total. The summed E-state index contributed by atoms with van der Waals surface area (Å²) in [6, 6.07) is 10.00. The summed E-state index contributed by atoms with van der Waals surface area (Å²) in [5, 5.41) is 16.7. The minimum absolute atomic E-state index is 0.101. The van der Waals surface area contributed by atoms with Gasteiger partial charge in [0, 0.05) is 39.4 Å². The molecule has 0 unspecified atom stereocenters. The molecule has 0 heterocycles. The number of carbonyl (C=O) groups is 1. The highest BCUT2D eigenvalue weighted by molar-refractivity contribution is 5.91. The average molecular weight is 472 g/mol. The number of anilines is 1. The fraction of sp³-hybridized carbons (Fsp3) is 0.654. The van der Waals surface area contributed by atoms with Crippen molar-refractivity contribution in [2.45, 2.75) is 57.8 Å². The summed E-state index contributed by atoms with van der Waals surface area (Å²) in [5.74, 6) is 2.05. The summed E-state index contributed by atoms with van der Waals surface area (Å²) in [6.07, 6.45) is 11.6. The topological polar surface area (TPSA) is 90.7 Å². The summed E-state index contributed by atoms with van der Waals surface area (Å²) < 4.78 is 0. The van der Waals surface area contributed by atoms with Crippen LogP contribution >= 0.6 is 0 Å². The van der Waals surface area contributed by atoms with E-state index in [9.17, 15) is 14.9 Å². The van der Waals surface area contributed by atoms with E-state index in [4.69, 9.17) is 0 Å². The van der Waals surface area contributed by atoms with Crippen molar-refractivity contribution >= 4 is 11.7 Å². The lowest BCUT2D eigenvalue weighted by Crippen LogP contribution is -2.46. The van der Waals surface area contributed by atoms with Crippen molar-refractivity contribution in [3.05, 3.63) is 52.5 Å². The first-order chi connectivity index (χ1) is 16.5. The van der Waals surface area contributed by atoms with Crippen LogP contribution in [-0.2, 0) is 0 Å². The number of benzene rings is 1. The predicted molar refractivity (Wildman–Crippen MR) is 136 cm³/mol. The van der Waals surface area contributed by atoms with Crippen molar-refractivity contribution in [3.8, 4) is 0 Å². The number of para-hydroxylation sites is 1. The van der Waals surface area contributed by atoms with Crippen LogP contribution < -0.4 is 15.5 Å². The maximum absolute atomic E-state index is 13.5. The van der Waals surface area contributed by atoms with Crippen molar-refractivity contribution in [2.75, 3.05) is 38.6 Å². The molecule has 2 N–H and O–H groups in total. The van der Waals surface area contributed by atoms with E-state index in [1.54, 1.807) is 11.9 Å². The van der Waals surface area contributed by atoms with Crippen LogP contribution in [0.3, 0.4) is 0 Å². The van der Waals surface area contributed by atoms with Crippen LogP contribution in [0.1, 0.15) is 57.8 Å². The Hall–Kier alpha value is -2.77. The zero-order valence-corrected chi connectivity index (χ0v) is 20.7. The molecule has 8 heteroatoms. The molecule has 3 rings (SSSR count). The van der Waals surface area contributed by atoms with Crippen LogP contribution in [0.2, 0.25) is 0 Å². The second-order valence-corrected chi connectivity index (χ2v) is 9.93. The fourth-order valence-electron chi connectivity index (χ4n) is 5.37. The van der Waals surface area contributed by atoms with Gasteiger partial charge in [0.05, 0.1) is 4.92 Å². The number of amides is 2. The molecule has 0 radical (unpaired) electrons. The summed E-state index contributed by atoms with van der Waals surface area (Å²) >= 11 is 0. The third kappa shape index (κ3) is 7.92. The second-order valence-electron chi connectivity index (χ2n) is 9.93. The Kier molecular flexibility index (Phi) is 10.0. The zero-order chi connectivity index (χ0) is 24.3. The van der Waals surface area contributed by atoms with Crippen molar-refractivity contribution in [3.63, 3.8) is 0 Å². The number of urea groups is 1. The Morgan fingerprint density at radius 2 is 1.59 bits per heavy atom. The molecule has 0 bridgehead atoms. The highest BCUT2D eigenvalue weighted by atomic mass is 16.6. The molecule has 2 fully saturated rings. The van der Waals surface area contributed by atoms with Gasteiger partial charge in [0.2, 0.25) is 0 Å². The number of rotatable bonds is 10. The Bertz CT molecular complexity index is 802. The summed E-state index contributed by atoms with van der Waals surface area (Å²) in [4.78, 5) is 27.7. The molecule has 2 aliphatic carbocycles. The van der Waals surface area contributed by atoms with Crippen LogP contribution in [0.5, 0.6) is 0 Å². The minimum atomic E-state index is -0.444. The lowest BCUT2D eigenvalue weighted by Gasteiger charge is -2.37. The van der Waals surface area contributed by atoms with Gasteiger partial charge in [-0.25, -0.2) is 4.79 Å². The molecule has 0 spiro atoms. The first-order valence-electron chi connectivity index (χ1n) is 12.8. The van der Waals surface area contributed by atoms with Crippen LogP contribution in [0.25, 0.3) is 0 Å². The van der Waals surface area contributed by atoms with Gasteiger partial charge in [0.15, 0.2) is 5.82 Å². The van der Waals surface area contributed by atoms with Crippen LogP contribution in [-0.4, -0.2) is 49.6 Å². The quantitative estimate of drug-likeness (QED) is 0.377. The normalized spacial score (nSPS) is 21.5. The van der Waals surface area contributed by atoms with Gasteiger partial charge in [0.25, 0.3) is 6.20 Å². The molecular weight excluding hydrogens is 430 g/mol. The monoisotopic (exact) mass is 471 g/mol. The van der Waals surface area contributed by atoms with E-state index < -0.39 is 4.92 Å². The van der Waals surface area contributed by atoms with Crippen molar-refractivity contribution < 1.29 is 9.72 Å². The lowest BCUT2D eigenvalue weighted by atomic mass is 9.81. The van der Waals surface area contributed by atoms with Crippen LogP contribution in [0.15, 0.2) is 42.4 Å². The number of nitrogens with one attached hydrogen (secondary N) is 2. The van der Waals surface area contributed by atoms with Crippen LogP contribution in [0, 0.1) is 27.9 Å². The number of nitrogens with zero attached hydrogens (tertiary/aromatic N) is 3. The zero-order valence-electron chi connectivity index (χ0n) is 20.7. The SMILES string of the molecule is CNC(=C[N+](=O)[O-])NCC1CCC(CN(CC2CCCCC2)C(=O)N(C)c2ccccc2)CC1. The van der Waals surface area contributed by atoms with E-state index in [1.165, 1.54) is 32.1 Å². The van der Waals surface area contributed by atoms with Crippen molar-refractivity contribution in [1.29, 1.82) is 0 Å². The Labute approximate surface area is 203 Å². The van der Waals surface area contributed by atoms with E-state index >= 15 is 0 Å². The summed E-state index contributed by atoms with van der Waals surface area (Å²) in [7, 11) is 3.56. The summed E-state index contributed by atoms with van der Waals surface area (Å²) in [5.41, 5.74) is 0.930. The molecule has 2 saturated carbocycles. The second kappa shape index (κ2) is 13.2. The van der Waals surface area contributed by atoms with Gasteiger partial charge in [0.1, 0.15) is 0 Å². The van der Waals surface area contributed by atoms with E-state index in [0.29, 0.717) is 23.6 Å². The molecular formula is C26H41N5O3. The first kappa shape index (κ1) is 25.8. The lowest BCUT2D eigenvalue weighted by molar-refractivity contribution is -0.404. The molecule has 0 aliphatic heterocycles. The number of nitro groups is 1. The van der Waals surface area contributed by atoms with Gasteiger partial charge < -0.3 is 15.5 Å². The van der Waals surface area contributed by atoms with Crippen molar-refractivity contribution in [1.82, 2.24) is 15.5 Å². The number of carbonyl (C=O) groups excluding carboxylic acids is 1. The van der Waals surface area contributed by atoms with Gasteiger partial charge >= 0.3 is 6.03 Å². The smallest absolute Gasteiger partial charge is 0.324 e. The number of hydrogen-bond donors (Lipinski definition) is 2. The molecule has 2 amide bonds. The van der Waals surface area contributed by atoms with Crippen molar-refractivity contribution in [2.24, 2.45) is 17.8 Å². The standard InChI is InChI=1S/C26H41N5O3/c1-27-25(20-31(33)34)28-17-21-13-15-23(16-14-21)19-30(18-22-9-5-3-6-10-22)26(32)29(2)24-11-7-4-8-12-24/h4,7-8,11-12,20-23,27-28H,3,5-6,9-10,13-19H2,1-2H3. The minimum Gasteiger partial charge on any atom is -0.370 e. The van der Waals surface area contributed by atoms with Gasteiger partial charge in [-0.05, 0) is 68.4 Å². The molecule has 2 aliphatic rings. The molecule has 1 aromatic carbocycles. The fourth-order valence-corrected chi connectivity index (χ4v) is 5.37. The molecule has 0 saturated heterocycles.